The first-order valence-corrected chi connectivity index (χ1v) is 11.8. The maximum Gasteiger partial charge on any atom is 0.361 e. The third kappa shape index (κ3) is 5.50. The molecule has 0 saturated carbocycles. The summed E-state index contributed by atoms with van der Waals surface area (Å²) in [6, 6.07) is 16.6. The molecule has 0 fully saturated rings. The van der Waals surface area contributed by atoms with Crippen molar-refractivity contribution in [1.29, 1.82) is 0 Å². The average Bonchev–Trinajstić information content (AvgIpc) is 3.55. The van der Waals surface area contributed by atoms with Gasteiger partial charge in [0.2, 0.25) is 5.69 Å². The average molecular weight is 506 g/mol. The maximum absolute atomic E-state index is 13.6. The third-order valence-corrected chi connectivity index (χ3v) is 5.73. The van der Waals surface area contributed by atoms with Gasteiger partial charge in [0.1, 0.15) is 12.3 Å². The predicted molar refractivity (Wildman–Crippen MR) is 132 cm³/mol. The first-order chi connectivity index (χ1) is 18.0. The quantitative estimate of drug-likeness (QED) is 0.407. The van der Waals surface area contributed by atoms with E-state index in [0.717, 1.165) is 21.5 Å². The number of esters is 2. The number of carbonyl (C=O) groups is 3. The van der Waals surface area contributed by atoms with E-state index >= 15 is 0 Å². The summed E-state index contributed by atoms with van der Waals surface area (Å²) in [4.78, 5) is 38.6. The van der Waals surface area contributed by atoms with Gasteiger partial charge in [-0.3, -0.25) is 4.79 Å². The summed E-state index contributed by atoms with van der Waals surface area (Å²) in [5.74, 6) is -1.41. The second kappa shape index (κ2) is 11.5. The summed E-state index contributed by atoms with van der Waals surface area (Å²) in [5.41, 5.74) is 1.94. The van der Waals surface area contributed by atoms with E-state index in [1.54, 1.807) is 21.0 Å². The van der Waals surface area contributed by atoms with E-state index in [1.165, 1.54) is 5.01 Å². The highest BCUT2D eigenvalue weighted by molar-refractivity contribution is 6.03. The molecule has 1 aromatic heterocycles. The van der Waals surface area contributed by atoms with E-state index in [9.17, 15) is 14.4 Å². The Kier molecular flexibility index (Phi) is 7.92. The molecule has 11 nitrogen and oxygen atoms in total. The number of amides is 1. The van der Waals surface area contributed by atoms with Crippen molar-refractivity contribution in [3.63, 3.8) is 0 Å². The number of methoxy groups -OCH3 is 1. The van der Waals surface area contributed by atoms with Crippen LogP contribution in [0.5, 0.6) is 5.75 Å². The predicted octanol–water partition coefficient (Wildman–Crippen LogP) is 3.02. The van der Waals surface area contributed by atoms with Crippen molar-refractivity contribution in [2.75, 3.05) is 20.3 Å². The number of carbonyl (C=O) groups excluding carboxylic acids is 3. The molecule has 1 aliphatic rings. The summed E-state index contributed by atoms with van der Waals surface area (Å²) < 4.78 is 16.4. The minimum Gasteiger partial charge on any atom is -0.497 e. The van der Waals surface area contributed by atoms with Crippen LogP contribution >= 0.6 is 0 Å². The van der Waals surface area contributed by atoms with Gasteiger partial charge in [-0.15, -0.1) is 5.10 Å². The fourth-order valence-corrected chi connectivity index (χ4v) is 3.99. The van der Waals surface area contributed by atoms with E-state index < -0.39 is 30.4 Å². The smallest absolute Gasteiger partial charge is 0.361 e. The van der Waals surface area contributed by atoms with Gasteiger partial charge in [0.05, 0.1) is 32.1 Å². The highest BCUT2D eigenvalue weighted by Crippen LogP contribution is 2.34. The van der Waals surface area contributed by atoms with Gasteiger partial charge in [0.25, 0.3) is 5.91 Å². The zero-order chi connectivity index (χ0) is 26.4. The molecule has 1 atom stereocenters. The van der Waals surface area contributed by atoms with E-state index in [-0.39, 0.29) is 24.6 Å². The van der Waals surface area contributed by atoms with Gasteiger partial charge in [-0.1, -0.05) is 47.7 Å². The zero-order valence-electron chi connectivity index (χ0n) is 20.8. The molecule has 11 heteroatoms. The molecule has 3 aromatic rings. The Labute approximate surface area is 213 Å². The fraction of sp³-hybridized carbons (Fsp3) is 0.308. The van der Waals surface area contributed by atoms with Crippen molar-refractivity contribution in [2.45, 2.75) is 32.9 Å². The molecule has 0 spiro atoms. The summed E-state index contributed by atoms with van der Waals surface area (Å²) in [6.07, 6.45) is 0.484. The summed E-state index contributed by atoms with van der Waals surface area (Å²) in [5, 5.41) is 13.7. The summed E-state index contributed by atoms with van der Waals surface area (Å²) in [7, 11) is 1.58. The molecule has 1 unspecified atom stereocenters. The number of hydrogen-bond acceptors (Lipinski definition) is 9. The molecular weight excluding hydrogens is 478 g/mol. The van der Waals surface area contributed by atoms with Crippen LogP contribution in [0.1, 0.15) is 58.4 Å². The number of ether oxygens (including phenoxy) is 3. The molecule has 0 bridgehead atoms. The van der Waals surface area contributed by atoms with E-state index in [2.05, 4.69) is 15.4 Å². The van der Waals surface area contributed by atoms with Crippen molar-refractivity contribution in [2.24, 2.45) is 5.10 Å². The molecule has 37 heavy (non-hydrogen) atoms. The normalized spacial score (nSPS) is 14.7. The number of aromatic nitrogens is 3. The molecular formula is C26H27N5O6. The molecule has 2 heterocycles. The maximum atomic E-state index is 13.6. The van der Waals surface area contributed by atoms with Gasteiger partial charge in [0, 0.05) is 6.42 Å². The van der Waals surface area contributed by atoms with Crippen molar-refractivity contribution in [3.05, 3.63) is 77.1 Å². The third-order valence-electron chi connectivity index (χ3n) is 5.73. The summed E-state index contributed by atoms with van der Waals surface area (Å²) in [6.45, 7) is 3.02. The Balaban J connectivity index is 1.67. The lowest BCUT2D eigenvalue weighted by Crippen LogP contribution is -2.32. The van der Waals surface area contributed by atoms with Crippen LogP contribution in [0.4, 0.5) is 0 Å². The van der Waals surface area contributed by atoms with Crippen LogP contribution in [0.25, 0.3) is 0 Å². The second-order valence-electron chi connectivity index (χ2n) is 8.03. The van der Waals surface area contributed by atoms with Gasteiger partial charge in [-0.05, 0) is 37.1 Å². The van der Waals surface area contributed by atoms with Crippen LogP contribution in [0.3, 0.4) is 0 Å². The lowest BCUT2D eigenvalue weighted by atomic mass is 9.98. The van der Waals surface area contributed by atoms with Crippen molar-refractivity contribution in [3.8, 4) is 5.75 Å². The zero-order valence-corrected chi connectivity index (χ0v) is 20.8. The largest absolute Gasteiger partial charge is 0.497 e. The van der Waals surface area contributed by atoms with Crippen LogP contribution in [-0.2, 0) is 20.8 Å². The van der Waals surface area contributed by atoms with Crippen molar-refractivity contribution < 1.29 is 28.6 Å². The standard InChI is InChI=1S/C26H27N5O6/c1-4-36-25(33)23-24(26(34)37-5-2)30(29-27-23)16-22(32)31-21(18-11-13-19(35-3)14-12-18)15-20(28-31)17-9-7-6-8-10-17/h6-14,21H,4-5,15-16H2,1-3H3. The number of nitrogens with zero attached hydrogens (tertiary/aromatic N) is 5. The lowest BCUT2D eigenvalue weighted by Gasteiger charge is -2.22. The molecule has 0 N–H and O–H groups in total. The number of rotatable bonds is 9. The highest BCUT2D eigenvalue weighted by Gasteiger charge is 2.35. The first kappa shape index (κ1) is 25.5. The molecule has 1 aliphatic heterocycles. The van der Waals surface area contributed by atoms with Gasteiger partial charge in [0.15, 0.2) is 5.69 Å². The molecule has 4 rings (SSSR count). The molecule has 192 valence electrons. The lowest BCUT2D eigenvalue weighted by molar-refractivity contribution is -0.133. The van der Waals surface area contributed by atoms with E-state index in [1.807, 2.05) is 54.6 Å². The van der Waals surface area contributed by atoms with Gasteiger partial charge in [-0.25, -0.2) is 19.3 Å². The Morgan fingerprint density at radius 1 is 0.946 bits per heavy atom. The highest BCUT2D eigenvalue weighted by atomic mass is 16.5. The second-order valence-corrected chi connectivity index (χ2v) is 8.03. The van der Waals surface area contributed by atoms with Gasteiger partial charge < -0.3 is 14.2 Å². The summed E-state index contributed by atoms with van der Waals surface area (Å²) >= 11 is 0. The van der Waals surface area contributed by atoms with Crippen LogP contribution < -0.4 is 4.74 Å². The van der Waals surface area contributed by atoms with E-state index in [4.69, 9.17) is 14.2 Å². The Bertz CT molecular complexity index is 1300. The first-order valence-electron chi connectivity index (χ1n) is 11.8. The molecule has 2 aromatic carbocycles. The number of hydrazone groups is 1. The van der Waals surface area contributed by atoms with Crippen LogP contribution in [-0.4, -0.2) is 63.9 Å². The minimum absolute atomic E-state index is 0.0661. The molecule has 0 aliphatic carbocycles. The topological polar surface area (TPSA) is 125 Å². The Morgan fingerprint density at radius 2 is 1.62 bits per heavy atom. The monoisotopic (exact) mass is 505 g/mol. The van der Waals surface area contributed by atoms with Crippen LogP contribution in [0.15, 0.2) is 59.7 Å². The van der Waals surface area contributed by atoms with Crippen LogP contribution in [0, 0.1) is 0 Å². The molecule has 0 saturated heterocycles. The van der Waals surface area contributed by atoms with E-state index in [0.29, 0.717) is 12.2 Å². The van der Waals surface area contributed by atoms with Crippen LogP contribution in [0.2, 0.25) is 0 Å². The Hall–Kier alpha value is -4.54. The molecule has 1 amide bonds. The molecule has 0 radical (unpaired) electrons. The fourth-order valence-electron chi connectivity index (χ4n) is 3.99. The van der Waals surface area contributed by atoms with Gasteiger partial charge >= 0.3 is 11.9 Å². The number of hydrogen-bond donors (Lipinski definition) is 0. The Morgan fingerprint density at radius 3 is 2.27 bits per heavy atom. The number of benzene rings is 2. The van der Waals surface area contributed by atoms with Crippen molar-refractivity contribution in [1.82, 2.24) is 20.0 Å². The van der Waals surface area contributed by atoms with Gasteiger partial charge in [-0.2, -0.15) is 5.10 Å². The SMILES string of the molecule is CCOC(=O)c1nnn(CC(=O)N2N=C(c3ccccc3)CC2c2ccc(OC)cc2)c1C(=O)OCC. The minimum atomic E-state index is -0.829. The van der Waals surface area contributed by atoms with Crippen molar-refractivity contribution >= 4 is 23.6 Å².